The maximum atomic E-state index is 10.8. The Morgan fingerprint density at radius 3 is 2.42 bits per heavy atom. The van der Waals surface area contributed by atoms with Crippen LogP contribution in [0.5, 0.6) is 0 Å². The molecule has 0 saturated carbocycles. The molecule has 0 fully saturated rings. The van der Waals surface area contributed by atoms with Gasteiger partial charge in [0.1, 0.15) is 5.75 Å². The van der Waals surface area contributed by atoms with E-state index < -0.39 is 10.1 Å². The number of terminal acetylenes is 2. The van der Waals surface area contributed by atoms with E-state index in [1.807, 2.05) is 5.92 Å². The molecule has 0 N–H and O–H groups in total. The van der Waals surface area contributed by atoms with Gasteiger partial charge in [0.05, 0.1) is 6.61 Å². The van der Waals surface area contributed by atoms with E-state index in [0.717, 1.165) is 0 Å². The molecule has 3 nitrogen and oxygen atoms in total. The van der Waals surface area contributed by atoms with Crippen LogP contribution in [0.1, 0.15) is 12.8 Å². The standard InChI is InChI=1S/C8H10O3S/c1-3-5-6-7-11-12(9,10)8-4-2/h1-2H,5-8H2. The predicted octanol–water partition coefficient (Wildman–Crippen LogP) is 0.379. The minimum Gasteiger partial charge on any atom is -0.269 e. The van der Waals surface area contributed by atoms with Crippen molar-refractivity contribution in [3.05, 3.63) is 0 Å². The van der Waals surface area contributed by atoms with Crippen molar-refractivity contribution in [3.63, 3.8) is 0 Å². The molecule has 0 spiro atoms. The summed E-state index contributed by atoms with van der Waals surface area (Å²) in [4.78, 5) is 0. The van der Waals surface area contributed by atoms with Crippen LogP contribution >= 0.6 is 0 Å². The molecular weight excluding hydrogens is 176 g/mol. The van der Waals surface area contributed by atoms with E-state index in [1.54, 1.807) is 0 Å². The molecule has 0 atom stereocenters. The van der Waals surface area contributed by atoms with Gasteiger partial charge in [-0.15, -0.1) is 18.8 Å². The lowest BCUT2D eigenvalue weighted by molar-refractivity contribution is 0.316. The highest BCUT2D eigenvalue weighted by molar-refractivity contribution is 7.86. The molecule has 0 bridgehead atoms. The van der Waals surface area contributed by atoms with Crippen LogP contribution in [0.4, 0.5) is 0 Å². The number of rotatable bonds is 5. The van der Waals surface area contributed by atoms with Gasteiger partial charge in [-0.2, -0.15) is 8.42 Å². The molecular formula is C8H10O3S. The molecule has 4 heteroatoms. The van der Waals surface area contributed by atoms with Crippen LogP contribution in [0.15, 0.2) is 0 Å². The quantitative estimate of drug-likeness (QED) is 0.354. The van der Waals surface area contributed by atoms with Gasteiger partial charge in [0.25, 0.3) is 10.1 Å². The molecule has 0 aliphatic rings. The van der Waals surface area contributed by atoms with Crippen LogP contribution in [0.3, 0.4) is 0 Å². The second-order valence-electron chi connectivity index (χ2n) is 2.04. The highest BCUT2D eigenvalue weighted by Gasteiger charge is 2.07. The van der Waals surface area contributed by atoms with Crippen LogP contribution in [-0.2, 0) is 14.3 Å². The first-order valence-corrected chi connectivity index (χ1v) is 4.94. The Bertz CT molecular complexity index is 289. The van der Waals surface area contributed by atoms with Crippen molar-refractivity contribution in [2.24, 2.45) is 0 Å². The van der Waals surface area contributed by atoms with E-state index in [4.69, 9.17) is 12.8 Å². The van der Waals surface area contributed by atoms with E-state index in [2.05, 4.69) is 10.1 Å². The third kappa shape index (κ3) is 5.79. The Hall–Kier alpha value is -0.970. The van der Waals surface area contributed by atoms with E-state index in [9.17, 15) is 8.42 Å². The lowest BCUT2D eigenvalue weighted by Crippen LogP contribution is -2.09. The Balaban J connectivity index is 3.66. The van der Waals surface area contributed by atoms with Crippen molar-refractivity contribution in [2.75, 3.05) is 12.4 Å². The highest BCUT2D eigenvalue weighted by Crippen LogP contribution is 1.95. The molecule has 0 saturated heterocycles. The van der Waals surface area contributed by atoms with Gasteiger partial charge < -0.3 is 0 Å². The van der Waals surface area contributed by atoms with Gasteiger partial charge in [0.15, 0.2) is 0 Å². The van der Waals surface area contributed by atoms with Crippen molar-refractivity contribution in [1.29, 1.82) is 0 Å². The fourth-order valence-corrected chi connectivity index (χ4v) is 1.16. The summed E-state index contributed by atoms with van der Waals surface area (Å²) in [6, 6.07) is 0. The Morgan fingerprint density at radius 1 is 1.25 bits per heavy atom. The SMILES string of the molecule is C#CCCCOS(=O)(=O)CC#C. The normalized spacial score (nSPS) is 10.2. The summed E-state index contributed by atoms with van der Waals surface area (Å²) in [5.41, 5.74) is 0. The average Bonchev–Trinajstić information content (AvgIpc) is 1.98. The molecule has 0 aromatic heterocycles. The van der Waals surface area contributed by atoms with Crippen molar-refractivity contribution in [2.45, 2.75) is 12.8 Å². The zero-order valence-corrected chi connectivity index (χ0v) is 7.43. The van der Waals surface area contributed by atoms with Gasteiger partial charge in [-0.25, -0.2) is 0 Å². The van der Waals surface area contributed by atoms with Crippen molar-refractivity contribution < 1.29 is 12.6 Å². The fraction of sp³-hybridized carbons (Fsp3) is 0.500. The molecule has 0 rings (SSSR count). The fourth-order valence-electron chi connectivity index (χ4n) is 0.504. The number of hydrogen-bond acceptors (Lipinski definition) is 3. The zero-order chi connectivity index (χ0) is 9.45. The van der Waals surface area contributed by atoms with Gasteiger partial charge in [0, 0.05) is 6.42 Å². The summed E-state index contributed by atoms with van der Waals surface area (Å²) in [6.45, 7) is 0.105. The monoisotopic (exact) mass is 186 g/mol. The molecule has 0 aromatic carbocycles. The second-order valence-corrected chi connectivity index (χ2v) is 3.68. The summed E-state index contributed by atoms with van der Waals surface area (Å²) in [5.74, 6) is 3.98. The maximum absolute atomic E-state index is 10.8. The molecule has 0 unspecified atom stereocenters. The van der Waals surface area contributed by atoms with Gasteiger partial charge >= 0.3 is 0 Å². The second kappa shape index (κ2) is 5.65. The zero-order valence-electron chi connectivity index (χ0n) is 6.62. The molecule has 66 valence electrons. The van der Waals surface area contributed by atoms with Crippen LogP contribution in [0.2, 0.25) is 0 Å². The van der Waals surface area contributed by atoms with Gasteiger partial charge in [-0.3, -0.25) is 4.18 Å². The van der Waals surface area contributed by atoms with Crippen LogP contribution in [0, 0.1) is 24.7 Å². The molecule has 0 heterocycles. The molecule has 12 heavy (non-hydrogen) atoms. The minimum atomic E-state index is -3.52. The van der Waals surface area contributed by atoms with E-state index in [-0.39, 0.29) is 12.4 Å². The topological polar surface area (TPSA) is 43.4 Å². The third-order valence-corrected chi connectivity index (χ3v) is 2.03. The molecule has 0 aromatic rings. The van der Waals surface area contributed by atoms with Crippen molar-refractivity contribution >= 4 is 10.1 Å². The van der Waals surface area contributed by atoms with Gasteiger partial charge in [-0.1, -0.05) is 5.92 Å². The first-order chi connectivity index (χ1) is 5.62. The minimum absolute atomic E-state index is 0.105. The van der Waals surface area contributed by atoms with Crippen LogP contribution < -0.4 is 0 Å². The number of hydrogen-bond donors (Lipinski definition) is 0. The Labute approximate surface area is 73.2 Å². The molecule has 0 aliphatic carbocycles. The summed E-state index contributed by atoms with van der Waals surface area (Å²) < 4.78 is 26.1. The van der Waals surface area contributed by atoms with Gasteiger partial charge in [0.2, 0.25) is 0 Å². The first kappa shape index (κ1) is 11.0. The Morgan fingerprint density at radius 2 is 1.92 bits per heavy atom. The lowest BCUT2D eigenvalue weighted by atomic mass is 10.3. The predicted molar refractivity (Wildman–Crippen MR) is 46.6 cm³/mol. The molecule has 0 radical (unpaired) electrons. The average molecular weight is 186 g/mol. The van der Waals surface area contributed by atoms with Gasteiger partial charge in [-0.05, 0) is 6.42 Å². The van der Waals surface area contributed by atoms with Crippen LogP contribution in [0.25, 0.3) is 0 Å². The van der Waals surface area contributed by atoms with E-state index in [0.29, 0.717) is 12.8 Å². The maximum Gasteiger partial charge on any atom is 0.278 e. The molecule has 0 aliphatic heterocycles. The summed E-state index contributed by atoms with van der Waals surface area (Å²) >= 11 is 0. The summed E-state index contributed by atoms with van der Waals surface area (Å²) in [6.07, 6.45) is 10.8. The summed E-state index contributed by atoms with van der Waals surface area (Å²) in [7, 11) is -3.52. The van der Waals surface area contributed by atoms with E-state index in [1.165, 1.54) is 0 Å². The smallest absolute Gasteiger partial charge is 0.269 e. The number of unbranched alkanes of at least 4 members (excludes halogenated alkanes) is 1. The van der Waals surface area contributed by atoms with Crippen molar-refractivity contribution in [1.82, 2.24) is 0 Å². The summed E-state index contributed by atoms with van der Waals surface area (Å²) in [5, 5.41) is 0. The third-order valence-electron chi connectivity index (χ3n) is 0.988. The van der Waals surface area contributed by atoms with E-state index >= 15 is 0 Å². The Kier molecular flexibility index (Phi) is 5.19. The largest absolute Gasteiger partial charge is 0.278 e. The van der Waals surface area contributed by atoms with Crippen LogP contribution in [-0.4, -0.2) is 20.8 Å². The lowest BCUT2D eigenvalue weighted by Gasteiger charge is -1.99. The van der Waals surface area contributed by atoms with Crippen molar-refractivity contribution in [3.8, 4) is 24.7 Å². The first-order valence-electron chi connectivity index (χ1n) is 3.36. The molecule has 0 amide bonds. The highest BCUT2D eigenvalue weighted by atomic mass is 32.2.